The average molecular weight is 403 g/mol. The van der Waals surface area contributed by atoms with Gasteiger partial charge < -0.3 is 21.1 Å². The van der Waals surface area contributed by atoms with Gasteiger partial charge in [0.2, 0.25) is 11.8 Å². The predicted molar refractivity (Wildman–Crippen MR) is 114 cm³/mol. The Labute approximate surface area is 173 Å². The van der Waals surface area contributed by atoms with Crippen LogP contribution < -0.4 is 21.1 Å². The molecule has 0 unspecified atom stereocenters. The third kappa shape index (κ3) is 5.93. The summed E-state index contributed by atoms with van der Waals surface area (Å²) in [6.07, 6.45) is -1.22. The van der Waals surface area contributed by atoms with Gasteiger partial charge in [0.05, 0.1) is 6.42 Å². The van der Waals surface area contributed by atoms with Gasteiger partial charge in [0.1, 0.15) is 11.8 Å². The van der Waals surface area contributed by atoms with Crippen LogP contribution in [0.3, 0.4) is 0 Å². The van der Waals surface area contributed by atoms with E-state index in [1.807, 2.05) is 42.5 Å². The number of primary amides is 1. The summed E-state index contributed by atoms with van der Waals surface area (Å²) in [5.41, 5.74) is 7.79. The number of nitrogens with one attached hydrogen (secondary N) is 2. The fraction of sp³-hybridized carbons (Fsp3) is 0.0870. The van der Waals surface area contributed by atoms with Crippen molar-refractivity contribution < 1.29 is 19.1 Å². The molecule has 0 aliphatic carbocycles. The summed E-state index contributed by atoms with van der Waals surface area (Å²) in [5.74, 6) is -0.995. The third-order valence-corrected chi connectivity index (χ3v) is 4.23. The Morgan fingerprint density at radius 2 is 1.37 bits per heavy atom. The Balaban J connectivity index is 1.64. The molecule has 0 saturated carbocycles. The number of rotatable bonds is 7. The predicted octanol–water partition coefficient (Wildman–Crippen LogP) is 3.32. The lowest BCUT2D eigenvalue weighted by molar-refractivity contribution is -0.123. The minimum atomic E-state index is -1.17. The number of nitrogens with two attached hydrogens (primary N) is 1. The van der Waals surface area contributed by atoms with E-state index < -0.39 is 23.9 Å². The molecule has 3 aromatic rings. The van der Waals surface area contributed by atoms with E-state index >= 15 is 0 Å². The molecule has 0 saturated heterocycles. The standard InChI is InChI=1S/C23H21N3O4/c24-21(27)15-20(26-23(29)30-19-9-5-2-6-10-19)22(28)25-18-13-11-17(12-14-18)16-7-3-1-4-8-16/h1-14,20H,15H2,(H2,24,27)(H,25,28)(H,26,29)/t20-/m1/s1. The molecule has 0 fully saturated rings. The molecule has 3 aromatic carbocycles. The summed E-state index contributed by atoms with van der Waals surface area (Å²) in [6.45, 7) is 0. The number of para-hydroxylation sites is 1. The van der Waals surface area contributed by atoms with Crippen LogP contribution in [-0.2, 0) is 9.59 Å². The first-order chi connectivity index (χ1) is 14.5. The number of hydrogen-bond acceptors (Lipinski definition) is 4. The van der Waals surface area contributed by atoms with Crippen LogP contribution in [0.1, 0.15) is 6.42 Å². The van der Waals surface area contributed by atoms with Gasteiger partial charge in [-0.25, -0.2) is 4.79 Å². The highest BCUT2D eigenvalue weighted by Crippen LogP contribution is 2.21. The molecular formula is C23H21N3O4. The van der Waals surface area contributed by atoms with Crippen molar-refractivity contribution in [1.29, 1.82) is 0 Å². The zero-order valence-corrected chi connectivity index (χ0v) is 16.1. The van der Waals surface area contributed by atoms with E-state index in [4.69, 9.17) is 10.5 Å². The van der Waals surface area contributed by atoms with Gasteiger partial charge in [0.15, 0.2) is 0 Å². The molecule has 0 aliphatic heterocycles. The second-order valence-electron chi connectivity index (χ2n) is 6.50. The van der Waals surface area contributed by atoms with Crippen LogP contribution in [0.4, 0.5) is 10.5 Å². The normalized spacial score (nSPS) is 11.2. The zero-order valence-electron chi connectivity index (χ0n) is 16.1. The highest BCUT2D eigenvalue weighted by Gasteiger charge is 2.24. The molecule has 4 N–H and O–H groups in total. The van der Waals surface area contributed by atoms with Crippen LogP contribution in [0.25, 0.3) is 11.1 Å². The van der Waals surface area contributed by atoms with Crippen LogP contribution in [-0.4, -0.2) is 23.9 Å². The fourth-order valence-electron chi connectivity index (χ4n) is 2.78. The highest BCUT2D eigenvalue weighted by molar-refractivity contribution is 5.99. The van der Waals surface area contributed by atoms with Gasteiger partial charge in [-0.1, -0.05) is 60.7 Å². The van der Waals surface area contributed by atoms with Crippen LogP contribution in [0.2, 0.25) is 0 Å². The minimum absolute atomic E-state index is 0.310. The topological polar surface area (TPSA) is 111 Å². The number of benzene rings is 3. The van der Waals surface area contributed by atoms with E-state index in [2.05, 4.69) is 10.6 Å². The molecule has 152 valence electrons. The van der Waals surface area contributed by atoms with E-state index in [-0.39, 0.29) is 6.42 Å². The van der Waals surface area contributed by atoms with Crippen LogP contribution in [0.15, 0.2) is 84.9 Å². The van der Waals surface area contributed by atoms with E-state index in [0.717, 1.165) is 11.1 Å². The maximum Gasteiger partial charge on any atom is 0.413 e. The maximum atomic E-state index is 12.6. The smallest absolute Gasteiger partial charge is 0.410 e. The molecule has 3 amide bonds. The van der Waals surface area contributed by atoms with Crippen LogP contribution in [0.5, 0.6) is 5.75 Å². The maximum absolute atomic E-state index is 12.6. The van der Waals surface area contributed by atoms with Gasteiger partial charge in [0.25, 0.3) is 0 Å². The van der Waals surface area contributed by atoms with Crippen LogP contribution in [0, 0.1) is 0 Å². The van der Waals surface area contributed by atoms with E-state index in [0.29, 0.717) is 11.4 Å². The van der Waals surface area contributed by atoms with Gasteiger partial charge in [-0.05, 0) is 35.4 Å². The average Bonchev–Trinajstić information content (AvgIpc) is 2.75. The molecule has 0 aromatic heterocycles. The van der Waals surface area contributed by atoms with E-state index in [9.17, 15) is 14.4 Å². The molecular weight excluding hydrogens is 382 g/mol. The number of carbonyl (C=O) groups excluding carboxylic acids is 3. The number of carbonyl (C=O) groups is 3. The van der Waals surface area contributed by atoms with Crippen molar-refractivity contribution in [1.82, 2.24) is 5.32 Å². The van der Waals surface area contributed by atoms with Gasteiger partial charge in [-0.2, -0.15) is 0 Å². The van der Waals surface area contributed by atoms with Crippen molar-refractivity contribution in [2.24, 2.45) is 5.73 Å². The summed E-state index contributed by atoms with van der Waals surface area (Å²) in [6, 6.07) is 24.2. The Morgan fingerprint density at radius 1 is 0.800 bits per heavy atom. The van der Waals surface area contributed by atoms with Crippen molar-refractivity contribution in [3.8, 4) is 16.9 Å². The molecule has 1 atom stereocenters. The third-order valence-electron chi connectivity index (χ3n) is 4.23. The van der Waals surface area contributed by atoms with E-state index in [1.54, 1.807) is 42.5 Å². The first-order valence-corrected chi connectivity index (χ1v) is 9.29. The minimum Gasteiger partial charge on any atom is -0.410 e. The molecule has 0 heterocycles. The Hall–Kier alpha value is -4.13. The molecule has 7 nitrogen and oxygen atoms in total. The lowest BCUT2D eigenvalue weighted by Crippen LogP contribution is -2.47. The monoisotopic (exact) mass is 403 g/mol. The van der Waals surface area contributed by atoms with Crippen molar-refractivity contribution in [3.63, 3.8) is 0 Å². The fourth-order valence-corrected chi connectivity index (χ4v) is 2.78. The van der Waals surface area contributed by atoms with Gasteiger partial charge in [0, 0.05) is 5.69 Å². The lowest BCUT2D eigenvalue weighted by Gasteiger charge is -2.17. The number of amides is 3. The SMILES string of the molecule is NC(=O)C[C@@H](NC(=O)Oc1ccccc1)C(=O)Nc1ccc(-c2ccccc2)cc1. The first-order valence-electron chi connectivity index (χ1n) is 9.29. The second kappa shape index (κ2) is 9.88. The largest absolute Gasteiger partial charge is 0.413 e. The summed E-state index contributed by atoms with van der Waals surface area (Å²) in [5, 5.41) is 5.06. The Morgan fingerprint density at radius 3 is 1.97 bits per heavy atom. The van der Waals surface area contributed by atoms with E-state index in [1.165, 1.54) is 0 Å². The molecule has 0 bridgehead atoms. The summed E-state index contributed by atoms with van der Waals surface area (Å²) < 4.78 is 5.11. The van der Waals surface area contributed by atoms with Crippen LogP contribution >= 0.6 is 0 Å². The Kier molecular flexibility index (Phi) is 6.78. The number of hydrogen-bond donors (Lipinski definition) is 3. The molecule has 30 heavy (non-hydrogen) atoms. The summed E-state index contributed by atoms with van der Waals surface area (Å²) in [4.78, 5) is 36.1. The molecule has 7 heteroatoms. The number of anilines is 1. The molecule has 0 spiro atoms. The second-order valence-corrected chi connectivity index (χ2v) is 6.50. The molecule has 3 rings (SSSR count). The quantitative estimate of drug-likeness (QED) is 0.562. The summed E-state index contributed by atoms with van der Waals surface area (Å²) >= 11 is 0. The molecule has 0 radical (unpaired) electrons. The Bertz CT molecular complexity index is 1010. The lowest BCUT2D eigenvalue weighted by atomic mass is 10.1. The van der Waals surface area contributed by atoms with Gasteiger partial charge in [-0.3, -0.25) is 9.59 Å². The van der Waals surface area contributed by atoms with Crippen molar-refractivity contribution >= 4 is 23.6 Å². The molecule has 0 aliphatic rings. The van der Waals surface area contributed by atoms with Crippen molar-refractivity contribution in [2.45, 2.75) is 12.5 Å². The van der Waals surface area contributed by atoms with Crippen molar-refractivity contribution in [3.05, 3.63) is 84.9 Å². The van der Waals surface area contributed by atoms with Gasteiger partial charge >= 0.3 is 6.09 Å². The first kappa shape index (κ1) is 20.6. The number of ether oxygens (including phenoxy) is 1. The zero-order chi connectivity index (χ0) is 21.3. The van der Waals surface area contributed by atoms with Crippen molar-refractivity contribution in [2.75, 3.05) is 5.32 Å². The highest BCUT2D eigenvalue weighted by atomic mass is 16.6. The summed E-state index contributed by atoms with van der Waals surface area (Å²) in [7, 11) is 0. The van der Waals surface area contributed by atoms with Gasteiger partial charge in [-0.15, -0.1) is 0 Å².